The predicted molar refractivity (Wildman–Crippen MR) is 136 cm³/mol. The molecule has 1 fully saturated rings. The Labute approximate surface area is 206 Å². The molecule has 0 bridgehead atoms. The number of aryl methyl sites for hydroxylation is 1. The van der Waals surface area contributed by atoms with Crippen LogP contribution in [-0.4, -0.2) is 27.1 Å². The molecular formula is C25H21Cl2N3O2S. The van der Waals surface area contributed by atoms with E-state index in [4.69, 9.17) is 23.2 Å². The van der Waals surface area contributed by atoms with Crippen LogP contribution in [0.5, 0.6) is 0 Å². The van der Waals surface area contributed by atoms with Crippen molar-refractivity contribution in [1.82, 2.24) is 4.90 Å². The highest BCUT2D eigenvalue weighted by Crippen LogP contribution is 2.31. The molecule has 3 aromatic rings. The van der Waals surface area contributed by atoms with Crippen LogP contribution in [0.15, 0.2) is 77.8 Å². The molecule has 4 rings (SSSR count). The van der Waals surface area contributed by atoms with Gasteiger partial charge < -0.3 is 5.32 Å². The van der Waals surface area contributed by atoms with E-state index in [1.165, 1.54) is 11.8 Å². The number of rotatable bonds is 5. The summed E-state index contributed by atoms with van der Waals surface area (Å²) in [5.41, 5.74) is 3.14. The Bertz CT molecular complexity index is 1200. The third-order valence-corrected chi connectivity index (χ3v) is 6.95. The Hall–Kier alpha value is -2.80. The van der Waals surface area contributed by atoms with Crippen molar-refractivity contribution in [1.29, 1.82) is 0 Å². The van der Waals surface area contributed by atoms with E-state index in [2.05, 4.69) is 10.3 Å². The van der Waals surface area contributed by atoms with Gasteiger partial charge in [-0.25, -0.2) is 4.99 Å². The molecule has 0 aliphatic carbocycles. The normalized spacial score (nSPS) is 17.3. The van der Waals surface area contributed by atoms with Crippen LogP contribution in [0, 0.1) is 6.92 Å². The van der Waals surface area contributed by atoms with Gasteiger partial charge in [0.1, 0.15) is 5.25 Å². The van der Waals surface area contributed by atoms with Crippen molar-refractivity contribution < 1.29 is 9.59 Å². The zero-order chi connectivity index (χ0) is 23.4. The molecular weight excluding hydrogens is 477 g/mol. The number of carbonyl (C=O) groups excluding carboxylic acids is 2. The highest BCUT2D eigenvalue weighted by Gasteiger charge is 2.36. The first-order valence-corrected chi connectivity index (χ1v) is 11.9. The standard InChI is InChI=1S/C25H21Cl2N3O2S/c1-16-7-10-20(13-21(16)27)28-24(32)22-14-23(31)30(15-17-5-3-2-4-6-17)25(33-22)29-19-11-8-18(26)9-12-19/h2-13,22H,14-15H2,1H3,(H,28,32). The molecule has 1 unspecified atom stereocenters. The Morgan fingerprint density at radius 1 is 1.09 bits per heavy atom. The topological polar surface area (TPSA) is 61.8 Å². The molecule has 1 aliphatic heterocycles. The zero-order valence-corrected chi connectivity index (χ0v) is 20.1. The lowest BCUT2D eigenvalue weighted by atomic mass is 10.2. The van der Waals surface area contributed by atoms with E-state index in [-0.39, 0.29) is 18.2 Å². The smallest absolute Gasteiger partial charge is 0.238 e. The Morgan fingerprint density at radius 2 is 1.82 bits per heavy atom. The van der Waals surface area contributed by atoms with Gasteiger partial charge in [0.2, 0.25) is 11.8 Å². The number of anilines is 1. The van der Waals surface area contributed by atoms with E-state index in [0.29, 0.717) is 33.1 Å². The minimum absolute atomic E-state index is 0.0720. The number of amidine groups is 1. The molecule has 3 aromatic carbocycles. The molecule has 1 heterocycles. The third kappa shape index (κ3) is 5.96. The summed E-state index contributed by atoms with van der Waals surface area (Å²) in [5, 5.41) is 3.89. The SMILES string of the molecule is Cc1ccc(NC(=O)C2CC(=O)N(Cc3ccccc3)C(=Nc3ccc(Cl)cc3)S2)cc1Cl. The first kappa shape index (κ1) is 23.4. The van der Waals surface area contributed by atoms with Crippen LogP contribution in [0.2, 0.25) is 10.0 Å². The van der Waals surface area contributed by atoms with E-state index >= 15 is 0 Å². The Balaban J connectivity index is 1.59. The second kappa shape index (κ2) is 10.4. The molecule has 1 saturated heterocycles. The molecule has 168 valence electrons. The number of benzene rings is 3. The predicted octanol–water partition coefficient (Wildman–Crippen LogP) is 6.46. The minimum Gasteiger partial charge on any atom is -0.325 e. The number of halogens is 2. The second-order valence-electron chi connectivity index (χ2n) is 7.60. The molecule has 1 aliphatic rings. The summed E-state index contributed by atoms with van der Waals surface area (Å²) in [5.74, 6) is -0.427. The molecule has 0 spiro atoms. The van der Waals surface area contributed by atoms with Crippen molar-refractivity contribution in [2.24, 2.45) is 4.99 Å². The summed E-state index contributed by atoms with van der Waals surface area (Å²) in [7, 11) is 0. The molecule has 1 N–H and O–H groups in total. The highest BCUT2D eigenvalue weighted by molar-refractivity contribution is 8.15. The van der Waals surface area contributed by atoms with E-state index in [1.807, 2.05) is 43.3 Å². The van der Waals surface area contributed by atoms with Crippen LogP contribution in [0.3, 0.4) is 0 Å². The second-order valence-corrected chi connectivity index (χ2v) is 9.61. The molecule has 8 heteroatoms. The first-order chi connectivity index (χ1) is 15.9. The van der Waals surface area contributed by atoms with Crippen molar-refractivity contribution >= 4 is 63.3 Å². The van der Waals surface area contributed by atoms with Gasteiger partial charge >= 0.3 is 0 Å². The van der Waals surface area contributed by atoms with Gasteiger partial charge in [0.15, 0.2) is 5.17 Å². The average Bonchev–Trinajstić information content (AvgIpc) is 2.80. The summed E-state index contributed by atoms with van der Waals surface area (Å²) in [6, 6.07) is 22.1. The van der Waals surface area contributed by atoms with Crippen LogP contribution < -0.4 is 5.32 Å². The number of amides is 2. The quantitative estimate of drug-likeness (QED) is 0.439. The number of hydrogen-bond acceptors (Lipinski definition) is 4. The monoisotopic (exact) mass is 497 g/mol. The van der Waals surface area contributed by atoms with Gasteiger partial charge in [0.25, 0.3) is 0 Å². The zero-order valence-electron chi connectivity index (χ0n) is 17.8. The van der Waals surface area contributed by atoms with Crippen LogP contribution in [0.25, 0.3) is 0 Å². The van der Waals surface area contributed by atoms with Crippen molar-refractivity contribution in [2.45, 2.75) is 25.1 Å². The third-order valence-electron chi connectivity index (χ3n) is 5.11. The van der Waals surface area contributed by atoms with E-state index < -0.39 is 5.25 Å². The maximum atomic E-state index is 13.1. The van der Waals surface area contributed by atoms with Gasteiger partial charge in [-0.1, -0.05) is 71.4 Å². The number of hydrogen-bond donors (Lipinski definition) is 1. The molecule has 0 saturated carbocycles. The van der Waals surface area contributed by atoms with Gasteiger partial charge in [-0.15, -0.1) is 0 Å². The summed E-state index contributed by atoms with van der Waals surface area (Å²) in [6.45, 7) is 2.27. The van der Waals surface area contributed by atoms with Crippen molar-refractivity contribution in [3.63, 3.8) is 0 Å². The van der Waals surface area contributed by atoms with Crippen molar-refractivity contribution in [3.05, 3.63) is 94.0 Å². The van der Waals surface area contributed by atoms with E-state index in [0.717, 1.165) is 11.1 Å². The maximum absolute atomic E-state index is 13.1. The molecule has 0 aromatic heterocycles. The van der Waals surface area contributed by atoms with Gasteiger partial charge in [-0.2, -0.15) is 0 Å². The average molecular weight is 498 g/mol. The van der Waals surface area contributed by atoms with E-state index in [1.54, 1.807) is 41.3 Å². The number of aliphatic imine (C=N–C) groups is 1. The van der Waals surface area contributed by atoms with Gasteiger partial charge in [0, 0.05) is 22.2 Å². The molecule has 5 nitrogen and oxygen atoms in total. The van der Waals surface area contributed by atoms with E-state index in [9.17, 15) is 9.59 Å². The van der Waals surface area contributed by atoms with Crippen LogP contribution in [-0.2, 0) is 16.1 Å². The lowest BCUT2D eigenvalue weighted by Gasteiger charge is -2.32. The molecule has 33 heavy (non-hydrogen) atoms. The van der Waals surface area contributed by atoms with Crippen LogP contribution in [0.1, 0.15) is 17.5 Å². The van der Waals surface area contributed by atoms with Gasteiger partial charge in [0.05, 0.1) is 12.2 Å². The van der Waals surface area contributed by atoms with Crippen LogP contribution in [0.4, 0.5) is 11.4 Å². The number of nitrogens with one attached hydrogen (secondary N) is 1. The fraction of sp³-hybridized carbons (Fsp3) is 0.160. The number of nitrogens with zero attached hydrogens (tertiary/aromatic N) is 2. The first-order valence-electron chi connectivity index (χ1n) is 10.3. The summed E-state index contributed by atoms with van der Waals surface area (Å²) >= 11 is 13.5. The number of thioether (sulfide) groups is 1. The van der Waals surface area contributed by atoms with Gasteiger partial charge in [-0.3, -0.25) is 14.5 Å². The fourth-order valence-electron chi connectivity index (χ4n) is 3.28. The van der Waals surface area contributed by atoms with Crippen molar-refractivity contribution in [2.75, 3.05) is 5.32 Å². The summed E-state index contributed by atoms with van der Waals surface area (Å²) in [4.78, 5) is 32.4. The Morgan fingerprint density at radius 3 is 2.52 bits per heavy atom. The maximum Gasteiger partial charge on any atom is 0.238 e. The van der Waals surface area contributed by atoms with Crippen LogP contribution >= 0.6 is 35.0 Å². The molecule has 2 amide bonds. The van der Waals surface area contributed by atoms with Gasteiger partial charge in [-0.05, 0) is 54.4 Å². The highest BCUT2D eigenvalue weighted by atomic mass is 35.5. The largest absolute Gasteiger partial charge is 0.325 e. The lowest BCUT2D eigenvalue weighted by Crippen LogP contribution is -2.44. The minimum atomic E-state index is -0.615. The number of carbonyl (C=O) groups is 2. The molecule has 0 radical (unpaired) electrons. The Kier molecular flexibility index (Phi) is 7.38. The van der Waals surface area contributed by atoms with Crippen molar-refractivity contribution in [3.8, 4) is 0 Å². The fourth-order valence-corrected chi connectivity index (χ4v) is 4.69. The molecule has 1 atom stereocenters. The summed E-state index contributed by atoms with van der Waals surface area (Å²) < 4.78 is 0. The lowest BCUT2D eigenvalue weighted by molar-refractivity contribution is -0.129. The summed E-state index contributed by atoms with van der Waals surface area (Å²) in [6.07, 6.45) is 0.0720.